The molecule has 0 aromatic carbocycles. The molecule has 0 saturated carbocycles. The first kappa shape index (κ1) is 9.86. The first-order valence-electron chi connectivity index (χ1n) is 5.16. The van der Waals surface area contributed by atoms with E-state index >= 15 is 0 Å². The molecule has 5 nitrogen and oxygen atoms in total. The van der Waals surface area contributed by atoms with Gasteiger partial charge in [0.15, 0.2) is 5.65 Å². The average Bonchev–Trinajstić information content (AvgIpc) is 2.77. The summed E-state index contributed by atoms with van der Waals surface area (Å²) in [5.74, 6) is 0.975. The SMILES string of the molecule is Clc1cc(N2CCOCC2)n2ncnc2c1. The number of rotatable bonds is 1. The van der Waals surface area contributed by atoms with Gasteiger partial charge in [-0.3, -0.25) is 0 Å². The summed E-state index contributed by atoms with van der Waals surface area (Å²) in [5, 5.41) is 4.88. The molecule has 2 aromatic rings. The van der Waals surface area contributed by atoms with Crippen molar-refractivity contribution in [1.29, 1.82) is 0 Å². The van der Waals surface area contributed by atoms with Gasteiger partial charge in [0.05, 0.1) is 13.2 Å². The Hall–Kier alpha value is -1.33. The Balaban J connectivity index is 2.09. The van der Waals surface area contributed by atoms with Crippen molar-refractivity contribution < 1.29 is 4.74 Å². The summed E-state index contributed by atoms with van der Waals surface area (Å²) in [4.78, 5) is 6.35. The van der Waals surface area contributed by atoms with E-state index < -0.39 is 0 Å². The molecule has 0 unspecified atom stereocenters. The van der Waals surface area contributed by atoms with Crippen molar-refractivity contribution >= 4 is 23.1 Å². The molecule has 84 valence electrons. The second-order valence-electron chi connectivity index (χ2n) is 3.66. The lowest BCUT2D eigenvalue weighted by atomic mass is 10.3. The van der Waals surface area contributed by atoms with Gasteiger partial charge in [-0.05, 0) is 6.07 Å². The third-order valence-electron chi connectivity index (χ3n) is 2.66. The van der Waals surface area contributed by atoms with E-state index in [9.17, 15) is 0 Å². The van der Waals surface area contributed by atoms with Gasteiger partial charge in [-0.25, -0.2) is 4.98 Å². The van der Waals surface area contributed by atoms with Crippen molar-refractivity contribution in [2.45, 2.75) is 0 Å². The zero-order chi connectivity index (χ0) is 11.0. The molecule has 3 heterocycles. The predicted molar refractivity (Wildman–Crippen MR) is 61.0 cm³/mol. The van der Waals surface area contributed by atoms with Gasteiger partial charge in [-0.1, -0.05) is 11.6 Å². The number of hydrogen-bond acceptors (Lipinski definition) is 4. The third kappa shape index (κ3) is 1.62. The van der Waals surface area contributed by atoms with Crippen LogP contribution in [0.5, 0.6) is 0 Å². The van der Waals surface area contributed by atoms with Gasteiger partial charge in [-0.2, -0.15) is 9.61 Å². The Morgan fingerprint density at radius 1 is 1.25 bits per heavy atom. The van der Waals surface area contributed by atoms with Crippen LogP contribution in [0.25, 0.3) is 5.65 Å². The van der Waals surface area contributed by atoms with E-state index in [1.807, 2.05) is 6.07 Å². The van der Waals surface area contributed by atoms with Crippen molar-refractivity contribution in [3.8, 4) is 0 Å². The number of anilines is 1. The molecule has 1 saturated heterocycles. The molecule has 0 N–H and O–H groups in total. The normalized spacial score (nSPS) is 16.9. The van der Waals surface area contributed by atoms with Crippen LogP contribution in [0.3, 0.4) is 0 Å². The third-order valence-corrected chi connectivity index (χ3v) is 2.88. The van der Waals surface area contributed by atoms with E-state index in [-0.39, 0.29) is 0 Å². The lowest BCUT2D eigenvalue weighted by Gasteiger charge is -2.28. The van der Waals surface area contributed by atoms with E-state index in [0.29, 0.717) is 5.02 Å². The smallest absolute Gasteiger partial charge is 0.159 e. The Kier molecular flexibility index (Phi) is 2.41. The van der Waals surface area contributed by atoms with Crippen LogP contribution in [0, 0.1) is 0 Å². The monoisotopic (exact) mass is 238 g/mol. The van der Waals surface area contributed by atoms with Crippen LogP contribution in [0.1, 0.15) is 0 Å². The highest BCUT2D eigenvalue weighted by Gasteiger charge is 2.15. The van der Waals surface area contributed by atoms with Crippen molar-refractivity contribution in [2.24, 2.45) is 0 Å². The minimum atomic E-state index is 0.682. The molecule has 0 radical (unpaired) electrons. The fourth-order valence-electron chi connectivity index (χ4n) is 1.89. The topological polar surface area (TPSA) is 42.7 Å². The zero-order valence-corrected chi connectivity index (χ0v) is 9.39. The molecule has 6 heteroatoms. The van der Waals surface area contributed by atoms with Crippen LogP contribution >= 0.6 is 11.6 Å². The Morgan fingerprint density at radius 2 is 2.06 bits per heavy atom. The highest BCUT2D eigenvalue weighted by Crippen LogP contribution is 2.22. The van der Waals surface area contributed by atoms with Gasteiger partial charge in [-0.15, -0.1) is 0 Å². The van der Waals surface area contributed by atoms with Crippen LogP contribution in [0.4, 0.5) is 5.82 Å². The van der Waals surface area contributed by atoms with Gasteiger partial charge in [0, 0.05) is 24.2 Å². The summed E-state index contributed by atoms with van der Waals surface area (Å²) >= 11 is 6.06. The lowest BCUT2D eigenvalue weighted by Crippen LogP contribution is -2.37. The minimum absolute atomic E-state index is 0.682. The maximum Gasteiger partial charge on any atom is 0.159 e. The maximum atomic E-state index is 6.06. The van der Waals surface area contributed by atoms with Crippen LogP contribution in [0.15, 0.2) is 18.5 Å². The number of aromatic nitrogens is 3. The number of halogens is 1. The van der Waals surface area contributed by atoms with Gasteiger partial charge in [0.25, 0.3) is 0 Å². The number of hydrogen-bond donors (Lipinski definition) is 0. The number of morpholine rings is 1. The average molecular weight is 239 g/mol. The quantitative estimate of drug-likeness (QED) is 0.749. The summed E-state index contributed by atoms with van der Waals surface area (Å²) in [5.41, 5.74) is 0.772. The van der Waals surface area contributed by atoms with Gasteiger partial charge >= 0.3 is 0 Å². The molecule has 0 atom stereocenters. The first-order valence-corrected chi connectivity index (χ1v) is 5.54. The number of nitrogens with zero attached hydrogens (tertiary/aromatic N) is 4. The minimum Gasteiger partial charge on any atom is -0.378 e. The van der Waals surface area contributed by atoms with E-state index in [1.54, 1.807) is 10.6 Å². The zero-order valence-electron chi connectivity index (χ0n) is 8.64. The maximum absolute atomic E-state index is 6.06. The van der Waals surface area contributed by atoms with Gasteiger partial charge < -0.3 is 9.64 Å². The molecular formula is C10H11ClN4O. The molecule has 16 heavy (non-hydrogen) atoms. The van der Waals surface area contributed by atoms with E-state index in [4.69, 9.17) is 16.3 Å². The number of pyridine rings is 1. The van der Waals surface area contributed by atoms with Crippen LogP contribution in [-0.4, -0.2) is 40.9 Å². The Bertz CT molecular complexity index is 506. The molecule has 0 aliphatic carbocycles. The molecule has 1 aliphatic heterocycles. The summed E-state index contributed by atoms with van der Waals surface area (Å²) in [6.07, 6.45) is 1.54. The summed E-state index contributed by atoms with van der Waals surface area (Å²) in [6, 6.07) is 3.72. The number of fused-ring (bicyclic) bond motifs is 1. The highest BCUT2D eigenvalue weighted by molar-refractivity contribution is 6.31. The number of ether oxygens (including phenoxy) is 1. The largest absolute Gasteiger partial charge is 0.378 e. The molecule has 0 bridgehead atoms. The van der Waals surface area contributed by atoms with Crippen LogP contribution in [-0.2, 0) is 4.74 Å². The molecular weight excluding hydrogens is 228 g/mol. The van der Waals surface area contributed by atoms with Crippen molar-refractivity contribution in [3.63, 3.8) is 0 Å². The summed E-state index contributed by atoms with van der Waals surface area (Å²) < 4.78 is 7.13. The van der Waals surface area contributed by atoms with Crippen molar-refractivity contribution in [1.82, 2.24) is 14.6 Å². The van der Waals surface area contributed by atoms with Crippen molar-refractivity contribution in [2.75, 3.05) is 31.2 Å². The van der Waals surface area contributed by atoms with Crippen LogP contribution in [0.2, 0.25) is 5.02 Å². The molecule has 2 aromatic heterocycles. The first-order chi connectivity index (χ1) is 7.84. The van der Waals surface area contributed by atoms with E-state index in [0.717, 1.165) is 37.8 Å². The molecule has 0 amide bonds. The Labute approximate surface area is 97.6 Å². The predicted octanol–water partition coefficient (Wildman–Crippen LogP) is 1.22. The molecule has 3 rings (SSSR count). The second-order valence-corrected chi connectivity index (χ2v) is 4.10. The van der Waals surface area contributed by atoms with E-state index in [1.165, 1.54) is 6.33 Å². The Morgan fingerprint density at radius 3 is 2.88 bits per heavy atom. The van der Waals surface area contributed by atoms with Gasteiger partial charge in [0.1, 0.15) is 12.1 Å². The lowest BCUT2D eigenvalue weighted by molar-refractivity contribution is 0.122. The molecule has 1 aliphatic rings. The fourth-order valence-corrected chi connectivity index (χ4v) is 2.09. The highest BCUT2D eigenvalue weighted by atomic mass is 35.5. The van der Waals surface area contributed by atoms with Crippen molar-refractivity contribution in [3.05, 3.63) is 23.5 Å². The van der Waals surface area contributed by atoms with Crippen LogP contribution < -0.4 is 4.90 Å². The summed E-state index contributed by atoms with van der Waals surface area (Å²) in [6.45, 7) is 3.19. The summed E-state index contributed by atoms with van der Waals surface area (Å²) in [7, 11) is 0. The van der Waals surface area contributed by atoms with E-state index in [2.05, 4.69) is 15.0 Å². The molecule has 1 fully saturated rings. The standard InChI is InChI=1S/C10H11ClN4O/c11-8-5-9-12-7-13-15(9)10(6-8)14-1-3-16-4-2-14/h5-7H,1-4H2. The fraction of sp³-hybridized carbons (Fsp3) is 0.400. The second kappa shape index (κ2) is 3.92. The van der Waals surface area contributed by atoms with Gasteiger partial charge in [0.2, 0.25) is 0 Å². The molecule has 0 spiro atoms.